The molecule has 1 aromatic heterocycles. The molecule has 0 aliphatic heterocycles. The van der Waals surface area contributed by atoms with E-state index >= 15 is 0 Å². The van der Waals surface area contributed by atoms with Crippen LogP contribution in [0.25, 0.3) is 0 Å². The Bertz CT molecular complexity index is 377. The molecule has 17 heavy (non-hydrogen) atoms. The Hall–Kier alpha value is -1.16. The van der Waals surface area contributed by atoms with Crippen molar-refractivity contribution in [1.29, 1.82) is 0 Å². The number of anilines is 1. The maximum absolute atomic E-state index is 5.07. The van der Waals surface area contributed by atoms with Crippen molar-refractivity contribution >= 4 is 5.82 Å². The van der Waals surface area contributed by atoms with E-state index in [0.717, 1.165) is 23.3 Å². The summed E-state index contributed by atoms with van der Waals surface area (Å²) in [5, 5.41) is 3.48. The van der Waals surface area contributed by atoms with Crippen molar-refractivity contribution < 1.29 is 4.74 Å². The number of nitrogens with zero attached hydrogens (tertiary/aromatic N) is 2. The van der Waals surface area contributed by atoms with E-state index in [9.17, 15) is 0 Å². The van der Waals surface area contributed by atoms with Gasteiger partial charge in [0.15, 0.2) is 5.82 Å². The third-order valence-electron chi connectivity index (χ3n) is 3.41. The molecular weight excluding hydrogens is 214 g/mol. The molecular formula is C13H21N3O. The third-order valence-corrected chi connectivity index (χ3v) is 3.41. The highest BCUT2D eigenvalue weighted by atomic mass is 16.5. The quantitative estimate of drug-likeness (QED) is 0.852. The molecule has 1 fully saturated rings. The van der Waals surface area contributed by atoms with Gasteiger partial charge in [-0.3, -0.25) is 0 Å². The normalized spacial score (nSPS) is 17.6. The highest BCUT2D eigenvalue weighted by Gasteiger charge is 2.24. The molecule has 0 radical (unpaired) electrons. The molecule has 1 heterocycles. The summed E-state index contributed by atoms with van der Waals surface area (Å²) in [5.41, 5.74) is 0.982. The van der Waals surface area contributed by atoms with Crippen LogP contribution >= 0.6 is 0 Å². The highest BCUT2D eigenvalue weighted by molar-refractivity contribution is 5.37. The maximum atomic E-state index is 5.07. The van der Waals surface area contributed by atoms with Crippen molar-refractivity contribution in [3.05, 3.63) is 17.6 Å². The summed E-state index contributed by atoms with van der Waals surface area (Å²) in [5.74, 6) is 2.47. The first-order valence-electron chi connectivity index (χ1n) is 6.29. The van der Waals surface area contributed by atoms with Gasteiger partial charge in [0.1, 0.15) is 12.4 Å². The standard InChI is InChI=1S/C13H21N3O/c1-9-7-12(16-13(14-9)8-17-3)15-10(2)11-5-4-6-11/h7,10-11H,4-6,8H2,1-3H3,(H,14,15,16). The number of rotatable bonds is 5. The van der Waals surface area contributed by atoms with Crippen molar-refractivity contribution in [2.24, 2.45) is 5.92 Å². The number of methoxy groups -OCH3 is 1. The van der Waals surface area contributed by atoms with Gasteiger partial charge in [0.2, 0.25) is 0 Å². The van der Waals surface area contributed by atoms with E-state index in [1.807, 2.05) is 13.0 Å². The number of ether oxygens (including phenoxy) is 1. The number of nitrogens with one attached hydrogen (secondary N) is 1. The molecule has 0 aromatic carbocycles. The van der Waals surface area contributed by atoms with Crippen molar-refractivity contribution in [3.63, 3.8) is 0 Å². The molecule has 4 nitrogen and oxygen atoms in total. The van der Waals surface area contributed by atoms with Crippen molar-refractivity contribution in [2.45, 2.75) is 45.8 Å². The van der Waals surface area contributed by atoms with Gasteiger partial charge < -0.3 is 10.1 Å². The molecule has 2 rings (SSSR count). The Morgan fingerprint density at radius 1 is 1.47 bits per heavy atom. The average Bonchev–Trinajstić information content (AvgIpc) is 2.13. The molecule has 0 saturated heterocycles. The van der Waals surface area contributed by atoms with Crippen LogP contribution in [0.5, 0.6) is 0 Å². The minimum Gasteiger partial charge on any atom is -0.377 e. The van der Waals surface area contributed by atoms with Crippen LogP contribution in [0.2, 0.25) is 0 Å². The SMILES string of the molecule is COCc1nc(C)cc(NC(C)C2CCC2)n1. The van der Waals surface area contributed by atoms with Gasteiger partial charge in [-0.2, -0.15) is 0 Å². The smallest absolute Gasteiger partial charge is 0.156 e. The van der Waals surface area contributed by atoms with Gasteiger partial charge in [0.25, 0.3) is 0 Å². The first-order chi connectivity index (χ1) is 8.19. The number of hydrogen-bond donors (Lipinski definition) is 1. The molecule has 1 N–H and O–H groups in total. The van der Waals surface area contributed by atoms with Gasteiger partial charge in [-0.25, -0.2) is 9.97 Å². The van der Waals surface area contributed by atoms with Crippen LogP contribution < -0.4 is 5.32 Å². The van der Waals surface area contributed by atoms with Gasteiger partial charge in [0.05, 0.1) is 0 Å². The minimum atomic E-state index is 0.466. The molecule has 1 atom stereocenters. The summed E-state index contributed by atoms with van der Waals surface area (Å²) in [4.78, 5) is 8.79. The van der Waals surface area contributed by atoms with Crippen LogP contribution in [0.15, 0.2) is 6.07 Å². The molecule has 4 heteroatoms. The van der Waals surface area contributed by atoms with E-state index in [2.05, 4.69) is 22.2 Å². The van der Waals surface area contributed by atoms with E-state index in [1.54, 1.807) is 7.11 Å². The van der Waals surface area contributed by atoms with E-state index in [1.165, 1.54) is 19.3 Å². The highest BCUT2D eigenvalue weighted by Crippen LogP contribution is 2.30. The summed E-state index contributed by atoms with van der Waals surface area (Å²) in [6.45, 7) is 4.69. The zero-order valence-corrected chi connectivity index (χ0v) is 10.9. The van der Waals surface area contributed by atoms with E-state index in [4.69, 9.17) is 4.74 Å². The predicted molar refractivity (Wildman–Crippen MR) is 67.9 cm³/mol. The predicted octanol–water partition coefficient (Wildman–Crippen LogP) is 2.53. The van der Waals surface area contributed by atoms with Gasteiger partial charge in [-0.05, 0) is 32.6 Å². The van der Waals surface area contributed by atoms with Crippen molar-refractivity contribution in [3.8, 4) is 0 Å². The topological polar surface area (TPSA) is 47.0 Å². The summed E-state index contributed by atoms with van der Waals surface area (Å²) >= 11 is 0. The molecule has 1 aliphatic carbocycles. The van der Waals surface area contributed by atoms with Crippen molar-refractivity contribution in [2.75, 3.05) is 12.4 Å². The summed E-state index contributed by atoms with van der Waals surface area (Å²) in [6, 6.07) is 2.49. The van der Waals surface area contributed by atoms with Gasteiger partial charge in [0, 0.05) is 24.9 Å². The van der Waals surface area contributed by atoms with E-state index in [0.29, 0.717) is 12.6 Å². The fourth-order valence-electron chi connectivity index (χ4n) is 2.19. The molecule has 0 spiro atoms. The van der Waals surface area contributed by atoms with Gasteiger partial charge in [-0.1, -0.05) is 6.42 Å². The number of hydrogen-bond acceptors (Lipinski definition) is 4. The fourth-order valence-corrected chi connectivity index (χ4v) is 2.19. The molecule has 0 amide bonds. The van der Waals surface area contributed by atoms with E-state index < -0.39 is 0 Å². The number of aryl methyl sites for hydroxylation is 1. The van der Waals surface area contributed by atoms with Crippen LogP contribution in [0.1, 0.15) is 37.7 Å². The fraction of sp³-hybridized carbons (Fsp3) is 0.692. The summed E-state index contributed by atoms with van der Waals surface area (Å²) in [7, 11) is 1.66. The lowest BCUT2D eigenvalue weighted by atomic mass is 9.80. The number of aromatic nitrogens is 2. The van der Waals surface area contributed by atoms with Crippen LogP contribution in [0.3, 0.4) is 0 Å². The Balaban J connectivity index is 2.03. The lowest BCUT2D eigenvalue weighted by Gasteiger charge is -2.32. The second kappa shape index (κ2) is 5.45. The minimum absolute atomic E-state index is 0.466. The zero-order valence-electron chi connectivity index (χ0n) is 10.9. The molecule has 1 aromatic rings. The summed E-state index contributed by atoms with van der Waals surface area (Å²) in [6.07, 6.45) is 4.04. The third kappa shape index (κ3) is 3.16. The van der Waals surface area contributed by atoms with Crippen LogP contribution in [0, 0.1) is 12.8 Å². The van der Waals surface area contributed by atoms with Crippen LogP contribution in [-0.2, 0) is 11.3 Å². The zero-order chi connectivity index (χ0) is 12.3. The van der Waals surface area contributed by atoms with Gasteiger partial charge >= 0.3 is 0 Å². The lowest BCUT2D eigenvalue weighted by Crippen LogP contribution is -2.31. The lowest BCUT2D eigenvalue weighted by molar-refractivity contribution is 0.177. The van der Waals surface area contributed by atoms with Crippen LogP contribution in [0.4, 0.5) is 5.82 Å². The molecule has 1 saturated carbocycles. The molecule has 94 valence electrons. The molecule has 0 bridgehead atoms. The first-order valence-corrected chi connectivity index (χ1v) is 6.29. The monoisotopic (exact) mass is 235 g/mol. The molecule has 1 unspecified atom stereocenters. The largest absolute Gasteiger partial charge is 0.377 e. The Morgan fingerprint density at radius 3 is 2.82 bits per heavy atom. The second-order valence-electron chi connectivity index (χ2n) is 4.87. The maximum Gasteiger partial charge on any atom is 0.156 e. The average molecular weight is 235 g/mol. The second-order valence-corrected chi connectivity index (χ2v) is 4.87. The Labute approximate surface area is 103 Å². The van der Waals surface area contributed by atoms with Gasteiger partial charge in [-0.15, -0.1) is 0 Å². The Kier molecular flexibility index (Phi) is 3.94. The molecule has 1 aliphatic rings. The first kappa shape index (κ1) is 12.3. The van der Waals surface area contributed by atoms with Crippen LogP contribution in [-0.4, -0.2) is 23.1 Å². The van der Waals surface area contributed by atoms with Crippen molar-refractivity contribution in [1.82, 2.24) is 9.97 Å². The summed E-state index contributed by atoms with van der Waals surface area (Å²) < 4.78 is 5.07. The Morgan fingerprint density at radius 2 is 2.24 bits per heavy atom. The van der Waals surface area contributed by atoms with E-state index in [-0.39, 0.29) is 0 Å².